The molecule has 27 heavy (non-hydrogen) atoms. The summed E-state index contributed by atoms with van der Waals surface area (Å²) in [7, 11) is 0. The van der Waals surface area contributed by atoms with E-state index in [1.807, 2.05) is 11.6 Å². The molecular formula is C18H34Cl2N6O. The molecule has 2 saturated heterocycles. The van der Waals surface area contributed by atoms with Gasteiger partial charge in [-0.15, -0.1) is 29.9 Å². The molecule has 0 aromatic carbocycles. The van der Waals surface area contributed by atoms with Gasteiger partial charge in [0.1, 0.15) is 0 Å². The lowest BCUT2D eigenvalue weighted by molar-refractivity contribution is 0.0916. The molecular weight excluding hydrogens is 387 g/mol. The Hall–Kier alpha value is -0.890. The average molecular weight is 421 g/mol. The molecule has 3 heterocycles. The number of hydrogen-bond acceptors (Lipinski definition) is 5. The lowest BCUT2D eigenvalue weighted by atomic mass is 9.98. The third kappa shape index (κ3) is 6.04. The highest BCUT2D eigenvalue weighted by Crippen LogP contribution is 2.20. The van der Waals surface area contributed by atoms with Gasteiger partial charge in [0.25, 0.3) is 5.91 Å². The van der Waals surface area contributed by atoms with E-state index in [-0.39, 0.29) is 30.7 Å². The lowest BCUT2D eigenvalue weighted by Crippen LogP contribution is -2.45. The highest BCUT2D eigenvalue weighted by atomic mass is 35.5. The molecule has 2 fully saturated rings. The fraction of sp³-hybridized carbons (Fsp3) is 0.833. The summed E-state index contributed by atoms with van der Waals surface area (Å²) >= 11 is 0. The molecule has 2 aliphatic heterocycles. The predicted molar refractivity (Wildman–Crippen MR) is 112 cm³/mol. The maximum absolute atomic E-state index is 12.5. The van der Waals surface area contributed by atoms with Crippen LogP contribution in [0.4, 0.5) is 0 Å². The molecule has 1 atom stereocenters. The summed E-state index contributed by atoms with van der Waals surface area (Å²) in [5, 5.41) is 14.8. The second-order valence-corrected chi connectivity index (χ2v) is 7.73. The van der Waals surface area contributed by atoms with E-state index in [4.69, 9.17) is 0 Å². The number of halogens is 2. The molecule has 1 unspecified atom stereocenters. The first-order valence-electron chi connectivity index (χ1n) is 9.71. The molecule has 3 rings (SSSR count). The molecule has 1 aromatic heterocycles. The van der Waals surface area contributed by atoms with Crippen molar-refractivity contribution in [3.05, 3.63) is 11.4 Å². The number of carbonyl (C=O) groups excluding carboxylic acids is 1. The highest BCUT2D eigenvalue weighted by molar-refractivity contribution is 5.93. The molecule has 9 heteroatoms. The molecule has 156 valence electrons. The number of rotatable bonds is 5. The van der Waals surface area contributed by atoms with Crippen molar-refractivity contribution in [3.8, 4) is 0 Å². The quantitative estimate of drug-likeness (QED) is 0.763. The Morgan fingerprint density at radius 3 is 2.48 bits per heavy atom. The van der Waals surface area contributed by atoms with Crippen LogP contribution in [-0.2, 0) is 0 Å². The summed E-state index contributed by atoms with van der Waals surface area (Å²) in [4.78, 5) is 15.0. The second-order valence-electron chi connectivity index (χ2n) is 7.73. The van der Waals surface area contributed by atoms with Gasteiger partial charge >= 0.3 is 0 Å². The Balaban J connectivity index is 0.00000182. The molecule has 0 spiro atoms. The minimum absolute atomic E-state index is 0. The van der Waals surface area contributed by atoms with Crippen molar-refractivity contribution >= 4 is 30.7 Å². The zero-order valence-corrected chi connectivity index (χ0v) is 18.2. The van der Waals surface area contributed by atoms with E-state index in [1.165, 1.54) is 12.8 Å². The maximum Gasteiger partial charge on any atom is 0.273 e. The van der Waals surface area contributed by atoms with Crippen molar-refractivity contribution in [2.45, 2.75) is 58.5 Å². The number of nitrogens with zero attached hydrogens (tertiary/aromatic N) is 4. The van der Waals surface area contributed by atoms with Crippen molar-refractivity contribution in [1.82, 2.24) is 30.5 Å². The smallest absolute Gasteiger partial charge is 0.273 e. The normalized spacial score (nSPS) is 20.4. The van der Waals surface area contributed by atoms with Crippen molar-refractivity contribution in [3.63, 3.8) is 0 Å². The lowest BCUT2D eigenvalue weighted by Gasteiger charge is -2.34. The molecule has 2 N–H and O–H groups in total. The van der Waals surface area contributed by atoms with Gasteiger partial charge in [0.15, 0.2) is 5.69 Å². The van der Waals surface area contributed by atoms with Crippen LogP contribution in [0, 0.1) is 12.8 Å². The van der Waals surface area contributed by atoms with Crippen molar-refractivity contribution in [1.29, 1.82) is 0 Å². The van der Waals surface area contributed by atoms with E-state index >= 15 is 0 Å². The SMILES string of the molecule is Cc1c(C(=O)NCC(C)N2CCC(C)CC2)nnn1C1CCNCC1.Cl.Cl. The topological polar surface area (TPSA) is 75.1 Å². The van der Waals surface area contributed by atoms with E-state index in [0.29, 0.717) is 24.3 Å². The Labute approximate surface area is 174 Å². The number of piperidine rings is 2. The van der Waals surface area contributed by atoms with Crippen molar-refractivity contribution < 1.29 is 4.79 Å². The summed E-state index contributed by atoms with van der Waals surface area (Å²) in [6.45, 7) is 11.4. The number of amides is 1. The van der Waals surface area contributed by atoms with E-state index in [2.05, 4.69) is 39.7 Å². The van der Waals surface area contributed by atoms with Gasteiger partial charge in [0.2, 0.25) is 0 Å². The second kappa shape index (κ2) is 11.2. The summed E-state index contributed by atoms with van der Waals surface area (Å²) in [5.74, 6) is 0.723. The van der Waals surface area contributed by atoms with Crippen LogP contribution in [-0.4, -0.2) is 64.6 Å². The molecule has 0 bridgehead atoms. The van der Waals surface area contributed by atoms with E-state index in [0.717, 1.165) is 50.6 Å². The van der Waals surface area contributed by atoms with Gasteiger partial charge in [-0.05, 0) is 71.6 Å². The first kappa shape index (κ1) is 24.1. The molecule has 0 aliphatic carbocycles. The monoisotopic (exact) mass is 420 g/mol. The Bertz CT molecular complexity index is 582. The Morgan fingerprint density at radius 2 is 1.85 bits per heavy atom. The minimum Gasteiger partial charge on any atom is -0.349 e. The van der Waals surface area contributed by atoms with Gasteiger partial charge in [-0.3, -0.25) is 9.69 Å². The number of aromatic nitrogens is 3. The van der Waals surface area contributed by atoms with Crippen molar-refractivity contribution in [2.75, 3.05) is 32.7 Å². The molecule has 1 amide bonds. The van der Waals surface area contributed by atoms with Gasteiger partial charge in [-0.25, -0.2) is 4.68 Å². The fourth-order valence-electron chi connectivity index (χ4n) is 3.87. The molecule has 0 radical (unpaired) electrons. The van der Waals surface area contributed by atoms with Gasteiger partial charge in [-0.2, -0.15) is 0 Å². The molecule has 2 aliphatic rings. The predicted octanol–water partition coefficient (Wildman–Crippen LogP) is 2.20. The summed E-state index contributed by atoms with van der Waals surface area (Å²) in [5.41, 5.74) is 1.35. The maximum atomic E-state index is 12.5. The fourth-order valence-corrected chi connectivity index (χ4v) is 3.87. The van der Waals surface area contributed by atoms with Gasteiger partial charge in [0.05, 0.1) is 11.7 Å². The minimum atomic E-state index is -0.102. The zero-order chi connectivity index (χ0) is 17.8. The molecule has 1 aromatic rings. The van der Waals surface area contributed by atoms with Gasteiger partial charge < -0.3 is 10.6 Å². The highest BCUT2D eigenvalue weighted by Gasteiger charge is 2.24. The van der Waals surface area contributed by atoms with Crippen molar-refractivity contribution in [2.24, 2.45) is 5.92 Å². The van der Waals surface area contributed by atoms with Crippen LogP contribution in [0.5, 0.6) is 0 Å². The van der Waals surface area contributed by atoms with Gasteiger partial charge in [-0.1, -0.05) is 12.1 Å². The number of likely N-dealkylation sites (tertiary alicyclic amines) is 1. The zero-order valence-electron chi connectivity index (χ0n) is 16.6. The Morgan fingerprint density at radius 1 is 1.22 bits per heavy atom. The van der Waals surface area contributed by atoms with Crippen LogP contribution >= 0.6 is 24.8 Å². The summed E-state index contributed by atoms with van der Waals surface area (Å²) in [6.07, 6.45) is 4.58. The largest absolute Gasteiger partial charge is 0.349 e. The first-order valence-corrected chi connectivity index (χ1v) is 9.71. The van der Waals surface area contributed by atoms with Gasteiger partial charge in [0, 0.05) is 12.6 Å². The van der Waals surface area contributed by atoms with Crippen LogP contribution < -0.4 is 10.6 Å². The third-order valence-corrected chi connectivity index (χ3v) is 5.80. The summed E-state index contributed by atoms with van der Waals surface area (Å²) in [6, 6.07) is 0.709. The number of carbonyl (C=O) groups is 1. The third-order valence-electron chi connectivity index (χ3n) is 5.80. The van der Waals surface area contributed by atoms with Crippen LogP contribution in [0.15, 0.2) is 0 Å². The van der Waals surface area contributed by atoms with Crippen LogP contribution in [0.1, 0.15) is 61.8 Å². The first-order chi connectivity index (χ1) is 12.1. The van der Waals surface area contributed by atoms with Crippen LogP contribution in [0.2, 0.25) is 0 Å². The average Bonchev–Trinajstić information content (AvgIpc) is 3.02. The Kier molecular flexibility index (Phi) is 10.0. The number of nitrogens with one attached hydrogen (secondary N) is 2. The van der Waals surface area contributed by atoms with E-state index in [9.17, 15) is 4.79 Å². The van der Waals surface area contributed by atoms with E-state index < -0.39 is 0 Å². The molecule has 0 saturated carbocycles. The number of hydrogen-bond donors (Lipinski definition) is 2. The standard InChI is InChI=1S/C18H32N6O.2ClH/c1-13-6-10-23(11-7-13)14(2)12-20-18(25)17-15(3)24(22-21-17)16-4-8-19-9-5-16;;/h13-14,16,19H,4-12H2,1-3H3,(H,20,25);2*1H. The summed E-state index contributed by atoms with van der Waals surface area (Å²) < 4.78 is 1.94. The van der Waals surface area contributed by atoms with Crippen LogP contribution in [0.3, 0.4) is 0 Å². The molecule has 7 nitrogen and oxygen atoms in total. The van der Waals surface area contributed by atoms with E-state index in [1.54, 1.807) is 0 Å². The van der Waals surface area contributed by atoms with Crippen LogP contribution in [0.25, 0.3) is 0 Å².